The van der Waals surface area contributed by atoms with Crippen molar-refractivity contribution in [3.05, 3.63) is 128 Å². The first kappa shape index (κ1) is 39.2. The lowest BCUT2D eigenvalue weighted by Gasteiger charge is -2.19. The van der Waals surface area contributed by atoms with Crippen LogP contribution in [-0.2, 0) is 17.9 Å². The molecule has 274 valence electrons. The molecule has 0 bridgehead atoms. The van der Waals surface area contributed by atoms with Gasteiger partial charge in [0.1, 0.15) is 35.6 Å². The number of ether oxygens (including phenoxy) is 3. The molecule has 0 saturated heterocycles. The van der Waals surface area contributed by atoms with Crippen LogP contribution in [0.3, 0.4) is 0 Å². The minimum Gasteiger partial charge on any atom is -0.491 e. The van der Waals surface area contributed by atoms with Gasteiger partial charge in [0.15, 0.2) is 0 Å². The molecule has 1 aromatic heterocycles. The van der Waals surface area contributed by atoms with Gasteiger partial charge in [0.05, 0.1) is 30.7 Å². The van der Waals surface area contributed by atoms with Crippen LogP contribution in [0.25, 0.3) is 5.69 Å². The zero-order valence-corrected chi connectivity index (χ0v) is 30.8. The minimum atomic E-state index is -0.522. The van der Waals surface area contributed by atoms with Crippen molar-refractivity contribution < 1.29 is 28.9 Å². The molecule has 4 aromatic rings. The summed E-state index contributed by atoms with van der Waals surface area (Å²) in [5, 5.41) is 14.6. The molecule has 4 rings (SSSR count). The third-order valence-electron chi connectivity index (χ3n) is 7.94. The first-order valence-corrected chi connectivity index (χ1v) is 16.9. The van der Waals surface area contributed by atoms with Crippen LogP contribution in [0.5, 0.6) is 11.5 Å². The minimum absolute atomic E-state index is 0.0607. The van der Waals surface area contributed by atoms with E-state index in [0.29, 0.717) is 34.1 Å². The number of carbonyl (C=O) groups excluding carboxylic acids is 2. The number of hydrogen-bond acceptors (Lipinski definition) is 9. The van der Waals surface area contributed by atoms with Crippen LogP contribution in [0.4, 0.5) is 10.5 Å². The topological polar surface area (TPSA) is 166 Å². The number of urea groups is 1. The number of esters is 1. The molecule has 0 radical (unpaired) electrons. The second-order valence-corrected chi connectivity index (χ2v) is 13.3. The van der Waals surface area contributed by atoms with E-state index in [1.807, 2.05) is 52.0 Å². The molecule has 0 fully saturated rings. The third-order valence-corrected chi connectivity index (χ3v) is 8.29. The Morgan fingerprint density at radius 1 is 1.00 bits per heavy atom. The molecule has 13 heteroatoms. The lowest BCUT2D eigenvalue weighted by atomic mass is 9.92. The van der Waals surface area contributed by atoms with E-state index in [0.717, 1.165) is 16.7 Å². The van der Waals surface area contributed by atoms with E-state index in [1.165, 1.54) is 11.7 Å². The largest absolute Gasteiger partial charge is 0.491 e. The van der Waals surface area contributed by atoms with E-state index in [4.69, 9.17) is 36.7 Å². The lowest BCUT2D eigenvalue weighted by Crippen LogP contribution is -2.39. The van der Waals surface area contributed by atoms with Crippen molar-refractivity contribution in [2.45, 2.75) is 47.8 Å². The van der Waals surface area contributed by atoms with Gasteiger partial charge in [0, 0.05) is 41.6 Å². The van der Waals surface area contributed by atoms with Gasteiger partial charge in [0.2, 0.25) is 0 Å². The number of methoxy groups -OCH3 is 1. The van der Waals surface area contributed by atoms with Crippen molar-refractivity contribution in [3.8, 4) is 17.2 Å². The Labute approximate surface area is 307 Å². The van der Waals surface area contributed by atoms with Crippen LogP contribution in [0.1, 0.15) is 53.5 Å². The number of carbonyl (C=O) groups is 2. The summed E-state index contributed by atoms with van der Waals surface area (Å²) in [5.41, 5.74) is 10.1. The van der Waals surface area contributed by atoms with Gasteiger partial charge in [-0.05, 0) is 54.8 Å². The monoisotopic (exact) mass is 729 g/mol. The number of pyridine rings is 1. The number of halogens is 1. The van der Waals surface area contributed by atoms with E-state index in [2.05, 4.69) is 15.6 Å². The van der Waals surface area contributed by atoms with Crippen molar-refractivity contribution in [1.29, 1.82) is 0 Å². The fourth-order valence-electron chi connectivity index (χ4n) is 4.95. The molecule has 1 heterocycles. The number of hydrogen-bond donors (Lipinski definition) is 4. The first-order chi connectivity index (χ1) is 24.7. The van der Waals surface area contributed by atoms with Crippen molar-refractivity contribution in [1.82, 2.24) is 15.2 Å². The van der Waals surface area contributed by atoms with Gasteiger partial charge in [-0.3, -0.25) is 14.7 Å². The van der Waals surface area contributed by atoms with E-state index in [1.54, 1.807) is 61.5 Å². The van der Waals surface area contributed by atoms with E-state index in [9.17, 15) is 14.4 Å². The number of amidine groups is 1. The van der Waals surface area contributed by atoms with Crippen molar-refractivity contribution >= 4 is 35.1 Å². The van der Waals surface area contributed by atoms with Gasteiger partial charge in [-0.15, -0.1) is 0 Å². The summed E-state index contributed by atoms with van der Waals surface area (Å²) >= 11 is 6.56. The summed E-state index contributed by atoms with van der Waals surface area (Å²) < 4.78 is 17.8. The Balaban J connectivity index is 1.50. The number of aliphatic hydroxyl groups is 1. The average Bonchev–Trinajstić information content (AvgIpc) is 3.11. The van der Waals surface area contributed by atoms with Crippen LogP contribution in [0.15, 0.2) is 94.4 Å². The van der Waals surface area contributed by atoms with E-state index < -0.39 is 17.6 Å². The number of rotatable bonds is 12. The quantitative estimate of drug-likeness (QED) is 0.0753. The summed E-state index contributed by atoms with van der Waals surface area (Å²) in [5.74, 6) is 0.403. The summed E-state index contributed by atoms with van der Waals surface area (Å²) in [6.07, 6.45) is 1.61. The van der Waals surface area contributed by atoms with Crippen LogP contribution >= 0.6 is 11.6 Å². The normalized spacial score (nSPS) is 11.9. The second kappa shape index (κ2) is 17.6. The highest BCUT2D eigenvalue weighted by atomic mass is 35.5. The van der Waals surface area contributed by atoms with E-state index in [-0.39, 0.29) is 48.4 Å². The van der Waals surface area contributed by atoms with Crippen LogP contribution in [0, 0.1) is 19.3 Å². The van der Waals surface area contributed by atoms with Gasteiger partial charge < -0.3 is 30.4 Å². The Kier molecular flexibility index (Phi) is 13.2. The maximum atomic E-state index is 13.5. The SMILES string of the molecule is COC(=O)c1ccc(C)c(-n2c(C)cc(OCc3ccccc3CNC(=O)NC(C=C(N)C(C)(C)C)=Nc3cccc(OCCO)c3)c(Cl)c2=O)c1. The van der Waals surface area contributed by atoms with Gasteiger partial charge in [-0.25, -0.2) is 14.6 Å². The Morgan fingerprint density at radius 2 is 1.73 bits per heavy atom. The number of aryl methyl sites for hydroxylation is 2. The number of nitrogens with one attached hydrogen (secondary N) is 2. The maximum Gasteiger partial charge on any atom is 0.337 e. The predicted octanol–water partition coefficient (Wildman–Crippen LogP) is 6.26. The predicted molar refractivity (Wildman–Crippen MR) is 202 cm³/mol. The zero-order chi connectivity index (χ0) is 38.0. The number of nitrogens with zero attached hydrogens (tertiary/aromatic N) is 2. The lowest BCUT2D eigenvalue weighted by molar-refractivity contribution is 0.0600. The molecular weight excluding hydrogens is 686 g/mol. The number of aliphatic hydroxyl groups excluding tert-OH is 1. The Morgan fingerprint density at radius 3 is 2.42 bits per heavy atom. The molecule has 2 amide bonds. The highest BCUT2D eigenvalue weighted by Crippen LogP contribution is 2.27. The standard InChI is InChI=1S/C39H44ClN5O7/c1-24-14-15-26(37(48)50-6)19-31(24)45-25(2)18-32(35(40)36(45)47)52-23-28-11-8-7-10-27(28)22-42-38(49)44-34(21-33(41)39(3,4)5)43-29-12-9-13-30(20-29)51-17-16-46/h7-15,18-21,46H,16-17,22-23,41H2,1-6H3,(H2,42,43,44,49). The van der Waals surface area contributed by atoms with Gasteiger partial charge in [-0.1, -0.05) is 68.8 Å². The fourth-order valence-corrected chi connectivity index (χ4v) is 5.14. The molecule has 52 heavy (non-hydrogen) atoms. The molecule has 12 nitrogen and oxygen atoms in total. The summed E-state index contributed by atoms with van der Waals surface area (Å²) in [6, 6.07) is 20.4. The highest BCUT2D eigenvalue weighted by Gasteiger charge is 2.19. The van der Waals surface area contributed by atoms with Crippen molar-refractivity contribution in [2.24, 2.45) is 16.1 Å². The Bertz CT molecular complexity index is 2050. The van der Waals surface area contributed by atoms with Crippen molar-refractivity contribution in [2.75, 3.05) is 20.3 Å². The van der Waals surface area contributed by atoms with Crippen LogP contribution < -0.4 is 31.4 Å². The number of aromatic nitrogens is 1. The summed E-state index contributed by atoms with van der Waals surface area (Å²) in [7, 11) is 1.29. The molecular formula is C39H44ClN5O7. The van der Waals surface area contributed by atoms with Crippen LogP contribution in [-0.4, -0.2) is 47.8 Å². The molecule has 0 spiro atoms. The van der Waals surface area contributed by atoms with Crippen LogP contribution in [0.2, 0.25) is 5.02 Å². The Hall–Kier alpha value is -5.59. The summed E-state index contributed by atoms with van der Waals surface area (Å²) in [6.45, 7) is 9.63. The number of amides is 2. The van der Waals surface area contributed by atoms with Gasteiger partial charge in [-0.2, -0.15) is 0 Å². The molecule has 0 aliphatic heterocycles. The van der Waals surface area contributed by atoms with Gasteiger partial charge >= 0.3 is 12.0 Å². The molecule has 0 aliphatic rings. The third kappa shape index (κ3) is 10.2. The fraction of sp³-hybridized carbons (Fsp3) is 0.282. The highest BCUT2D eigenvalue weighted by molar-refractivity contribution is 6.31. The smallest absolute Gasteiger partial charge is 0.337 e. The summed E-state index contributed by atoms with van der Waals surface area (Å²) in [4.78, 5) is 43.4. The first-order valence-electron chi connectivity index (χ1n) is 16.5. The maximum absolute atomic E-state index is 13.5. The molecule has 0 atom stereocenters. The number of nitrogens with two attached hydrogens (primary N) is 1. The zero-order valence-electron chi connectivity index (χ0n) is 30.1. The molecule has 5 N–H and O–H groups in total. The number of benzene rings is 3. The van der Waals surface area contributed by atoms with Crippen molar-refractivity contribution in [3.63, 3.8) is 0 Å². The number of allylic oxidation sites excluding steroid dienone is 1. The average molecular weight is 730 g/mol. The van der Waals surface area contributed by atoms with Gasteiger partial charge in [0.25, 0.3) is 5.56 Å². The second-order valence-electron chi connectivity index (χ2n) is 12.9. The van der Waals surface area contributed by atoms with E-state index >= 15 is 0 Å². The molecule has 0 saturated carbocycles. The molecule has 3 aromatic carbocycles. The molecule has 0 unspecified atom stereocenters. The molecule has 0 aliphatic carbocycles. The number of aliphatic imine (C=N–C) groups is 1.